The lowest BCUT2D eigenvalue weighted by molar-refractivity contribution is -0.0294. The number of ether oxygens (including phenoxy) is 4. The molecule has 0 aliphatic carbocycles. The van der Waals surface area contributed by atoms with Crippen LogP contribution in [-0.2, 0) is 18.9 Å². The van der Waals surface area contributed by atoms with Crippen LogP contribution in [0, 0.1) is 0 Å². The molecule has 9 nitrogen and oxygen atoms in total. The summed E-state index contributed by atoms with van der Waals surface area (Å²) in [6.07, 6.45) is 0.519. The third-order valence-corrected chi connectivity index (χ3v) is 3.41. The van der Waals surface area contributed by atoms with Crippen LogP contribution in [0.3, 0.4) is 0 Å². The number of aliphatic hydroxyl groups excluding tert-OH is 1. The maximum atomic E-state index is 11.8. The minimum absolute atomic E-state index is 0.0270. The lowest BCUT2D eigenvalue weighted by atomic mass is 10.0. The molecule has 1 N–H and O–H groups in total. The van der Waals surface area contributed by atoms with E-state index in [0.29, 0.717) is 6.54 Å². The van der Waals surface area contributed by atoms with Gasteiger partial charge in [-0.1, -0.05) is 0 Å². The van der Waals surface area contributed by atoms with E-state index in [0.717, 1.165) is 19.3 Å². The molecule has 0 radical (unpaired) electrons. The number of likely N-dealkylation sites (tertiary alicyclic amines) is 1. The molecular weight excluding hydrogens is 394 g/mol. The van der Waals surface area contributed by atoms with E-state index in [1.54, 1.807) is 46.4 Å². The van der Waals surface area contributed by atoms with Crippen molar-refractivity contribution in [3.63, 3.8) is 0 Å². The first-order chi connectivity index (χ1) is 13.4. The predicted molar refractivity (Wildman–Crippen MR) is 111 cm³/mol. The standard InChI is InChI=1S/C11H21NO3.C10H18O5/c1-11(2,3)15-10(14)12-7-5-4-6-9(12)8-13;1-9(2,3)14-7(11)13-8(12)15-10(4,5)6/h9,13H,4-8H2,1-3H3;1-6H3. The van der Waals surface area contributed by atoms with Gasteiger partial charge in [-0.3, -0.25) is 0 Å². The summed E-state index contributed by atoms with van der Waals surface area (Å²) in [5.41, 5.74) is -1.85. The maximum absolute atomic E-state index is 11.8. The third kappa shape index (κ3) is 14.0. The van der Waals surface area contributed by atoms with Crippen LogP contribution in [0.15, 0.2) is 0 Å². The van der Waals surface area contributed by atoms with Gasteiger partial charge in [0, 0.05) is 6.54 Å². The average molecular weight is 434 g/mol. The molecule has 0 spiro atoms. The van der Waals surface area contributed by atoms with E-state index in [2.05, 4.69) is 4.74 Å². The quantitative estimate of drug-likeness (QED) is 0.361. The third-order valence-electron chi connectivity index (χ3n) is 3.41. The average Bonchev–Trinajstić information content (AvgIpc) is 2.49. The highest BCUT2D eigenvalue weighted by Crippen LogP contribution is 2.19. The van der Waals surface area contributed by atoms with Crippen molar-refractivity contribution < 1.29 is 38.4 Å². The first-order valence-electron chi connectivity index (χ1n) is 10.2. The van der Waals surface area contributed by atoms with Gasteiger partial charge in [-0.15, -0.1) is 0 Å². The Morgan fingerprint density at radius 1 is 0.800 bits per heavy atom. The maximum Gasteiger partial charge on any atom is 0.519 e. The zero-order valence-corrected chi connectivity index (χ0v) is 19.9. The van der Waals surface area contributed by atoms with Crippen molar-refractivity contribution >= 4 is 18.4 Å². The topological polar surface area (TPSA) is 112 Å². The normalized spacial score (nSPS) is 17.3. The Hall–Kier alpha value is -2.03. The molecule has 0 aromatic rings. The van der Waals surface area contributed by atoms with Crippen LogP contribution in [0.4, 0.5) is 14.4 Å². The van der Waals surface area contributed by atoms with E-state index >= 15 is 0 Å². The Labute approximate surface area is 180 Å². The van der Waals surface area contributed by atoms with Crippen molar-refractivity contribution in [1.82, 2.24) is 4.90 Å². The van der Waals surface area contributed by atoms with E-state index in [9.17, 15) is 14.4 Å². The Bertz CT molecular complexity index is 543. The van der Waals surface area contributed by atoms with Crippen molar-refractivity contribution in [3.05, 3.63) is 0 Å². The van der Waals surface area contributed by atoms with Crippen molar-refractivity contribution in [2.24, 2.45) is 0 Å². The van der Waals surface area contributed by atoms with Crippen LogP contribution >= 0.6 is 0 Å². The van der Waals surface area contributed by atoms with Gasteiger partial charge in [-0.25, -0.2) is 14.4 Å². The molecule has 1 saturated heterocycles. The molecule has 0 saturated carbocycles. The molecule has 1 atom stereocenters. The van der Waals surface area contributed by atoms with E-state index in [-0.39, 0.29) is 18.7 Å². The Morgan fingerprint density at radius 3 is 1.60 bits per heavy atom. The van der Waals surface area contributed by atoms with Crippen LogP contribution in [0.2, 0.25) is 0 Å². The zero-order valence-electron chi connectivity index (χ0n) is 19.9. The summed E-state index contributed by atoms with van der Waals surface area (Å²) in [7, 11) is 0. The van der Waals surface area contributed by atoms with E-state index in [4.69, 9.17) is 19.3 Å². The van der Waals surface area contributed by atoms with Gasteiger partial charge in [0.05, 0.1) is 12.6 Å². The van der Waals surface area contributed by atoms with Gasteiger partial charge in [-0.2, -0.15) is 0 Å². The van der Waals surface area contributed by atoms with Crippen molar-refractivity contribution in [2.45, 2.75) is 104 Å². The lowest BCUT2D eigenvalue weighted by Gasteiger charge is -2.35. The predicted octanol–water partition coefficient (Wildman–Crippen LogP) is 4.64. The molecule has 1 aliphatic heterocycles. The van der Waals surface area contributed by atoms with Crippen LogP contribution in [0.5, 0.6) is 0 Å². The number of aliphatic hydroxyl groups is 1. The fourth-order valence-corrected chi connectivity index (χ4v) is 2.36. The second-order valence-electron chi connectivity index (χ2n) is 10.0. The van der Waals surface area contributed by atoms with Crippen LogP contribution in [-0.4, -0.2) is 64.4 Å². The summed E-state index contributed by atoms with van der Waals surface area (Å²) >= 11 is 0. The van der Waals surface area contributed by atoms with Gasteiger partial charge < -0.3 is 29.0 Å². The Morgan fingerprint density at radius 2 is 1.23 bits per heavy atom. The molecule has 30 heavy (non-hydrogen) atoms. The molecule has 1 amide bonds. The summed E-state index contributed by atoms with van der Waals surface area (Å²) in [5.74, 6) is 0. The van der Waals surface area contributed by atoms with Crippen molar-refractivity contribution in [3.8, 4) is 0 Å². The van der Waals surface area contributed by atoms with Gasteiger partial charge >= 0.3 is 18.4 Å². The molecule has 1 fully saturated rings. The van der Waals surface area contributed by atoms with Gasteiger partial charge in [0.1, 0.15) is 16.8 Å². The van der Waals surface area contributed by atoms with Gasteiger partial charge in [0.15, 0.2) is 0 Å². The SMILES string of the molecule is CC(C)(C)OC(=O)N1CCCCC1CO.CC(C)(C)OC(=O)OC(=O)OC(C)(C)C. The van der Waals surface area contributed by atoms with E-state index in [1.807, 2.05) is 20.8 Å². The summed E-state index contributed by atoms with van der Waals surface area (Å²) in [6.45, 7) is 16.3. The molecule has 0 aromatic heterocycles. The highest BCUT2D eigenvalue weighted by molar-refractivity contribution is 5.77. The second kappa shape index (κ2) is 11.4. The molecule has 1 rings (SSSR count). The molecule has 0 aromatic carbocycles. The van der Waals surface area contributed by atoms with Gasteiger partial charge in [0.2, 0.25) is 0 Å². The lowest BCUT2D eigenvalue weighted by Crippen LogP contribution is -2.47. The number of rotatable bonds is 1. The molecule has 1 aliphatic rings. The molecular formula is C21H39NO8. The minimum Gasteiger partial charge on any atom is -0.444 e. The highest BCUT2D eigenvalue weighted by Gasteiger charge is 2.29. The van der Waals surface area contributed by atoms with E-state index in [1.165, 1.54) is 0 Å². The minimum atomic E-state index is -1.06. The monoisotopic (exact) mass is 433 g/mol. The summed E-state index contributed by atoms with van der Waals surface area (Å²) in [4.78, 5) is 35.4. The number of hydrogen-bond donors (Lipinski definition) is 1. The number of nitrogens with zero attached hydrogens (tertiary/aromatic N) is 1. The Balaban J connectivity index is 0.000000561. The zero-order chi connectivity index (χ0) is 23.8. The molecule has 0 bridgehead atoms. The number of hydrogen-bond acceptors (Lipinski definition) is 8. The van der Waals surface area contributed by atoms with Crippen molar-refractivity contribution in [2.75, 3.05) is 13.2 Å². The number of carbonyl (C=O) groups is 3. The highest BCUT2D eigenvalue weighted by atomic mass is 16.8. The van der Waals surface area contributed by atoms with Crippen LogP contribution in [0.25, 0.3) is 0 Å². The summed E-state index contributed by atoms with van der Waals surface area (Å²) in [6, 6.07) is -0.0615. The fraction of sp³-hybridized carbons (Fsp3) is 0.857. The number of carbonyl (C=O) groups excluding carboxylic acids is 3. The van der Waals surface area contributed by atoms with E-state index < -0.39 is 29.1 Å². The first-order valence-corrected chi connectivity index (χ1v) is 10.2. The summed E-state index contributed by atoms with van der Waals surface area (Å²) < 4.78 is 19.1. The molecule has 176 valence electrons. The first kappa shape index (κ1) is 28.0. The van der Waals surface area contributed by atoms with Gasteiger partial charge in [-0.05, 0) is 81.6 Å². The summed E-state index contributed by atoms with van der Waals surface area (Å²) in [5, 5.41) is 9.16. The molecule has 1 heterocycles. The Kier molecular flexibility index (Phi) is 10.6. The number of piperidine rings is 1. The number of amides is 1. The molecule has 1 unspecified atom stereocenters. The second-order valence-corrected chi connectivity index (χ2v) is 10.0. The fourth-order valence-electron chi connectivity index (χ4n) is 2.36. The largest absolute Gasteiger partial charge is 0.519 e. The van der Waals surface area contributed by atoms with Crippen LogP contribution in [0.1, 0.15) is 81.6 Å². The molecule has 9 heteroatoms. The smallest absolute Gasteiger partial charge is 0.444 e. The van der Waals surface area contributed by atoms with Crippen molar-refractivity contribution in [1.29, 1.82) is 0 Å². The van der Waals surface area contributed by atoms with Gasteiger partial charge in [0.25, 0.3) is 0 Å². The van der Waals surface area contributed by atoms with Crippen LogP contribution < -0.4 is 0 Å².